The summed E-state index contributed by atoms with van der Waals surface area (Å²) in [4.78, 5) is 12.5. The van der Waals surface area contributed by atoms with Gasteiger partial charge < -0.3 is 0 Å². The summed E-state index contributed by atoms with van der Waals surface area (Å²) in [5.41, 5.74) is 0.288. The summed E-state index contributed by atoms with van der Waals surface area (Å²) < 4.78 is 15.6. The Labute approximate surface area is 119 Å². The monoisotopic (exact) mass is 295 g/mol. The highest BCUT2D eigenvalue weighted by molar-refractivity contribution is 8.02. The third-order valence-electron chi connectivity index (χ3n) is 4.25. The number of rotatable bonds is 1. The van der Waals surface area contributed by atoms with Gasteiger partial charge in [-0.25, -0.2) is 4.39 Å². The minimum atomic E-state index is -0.509. The molecule has 1 aliphatic heterocycles. The number of hydrogen-bond acceptors (Lipinski definition) is 2. The first-order chi connectivity index (χ1) is 9.16. The highest BCUT2D eigenvalue weighted by Gasteiger charge is 2.55. The topological polar surface area (TPSA) is 20.3 Å². The first-order valence-corrected chi connectivity index (χ1v) is 7.51. The fourth-order valence-corrected chi connectivity index (χ4v) is 5.08. The van der Waals surface area contributed by atoms with Crippen LogP contribution in [0.3, 0.4) is 0 Å². The van der Waals surface area contributed by atoms with E-state index in [1.807, 2.05) is 0 Å². The standard InChI is InChI=1S/C14H11ClFNOS/c15-9-2-1-3-10(12(9)16)17-14(18)11-7-4-5-8(6-7)13(11)19-17/h1-5,7-8,11,13H,6H2/t7-,8+,11-,13+/m0/s1. The first kappa shape index (κ1) is 11.8. The number of carbonyl (C=O) groups is 1. The molecule has 3 aliphatic rings. The Balaban J connectivity index is 1.72. The molecule has 2 nitrogen and oxygen atoms in total. The summed E-state index contributed by atoms with van der Waals surface area (Å²) in [5, 5.41) is 0.324. The lowest BCUT2D eigenvalue weighted by molar-refractivity contribution is -0.120. The molecule has 2 aliphatic carbocycles. The SMILES string of the molecule is O=C1[C@@H]2[C@H](SN1c1cccc(Cl)c1F)[C@@H]1C=C[C@H]2C1. The van der Waals surface area contributed by atoms with Crippen molar-refractivity contribution >= 4 is 35.1 Å². The molecule has 0 aromatic heterocycles. The van der Waals surface area contributed by atoms with E-state index < -0.39 is 5.82 Å². The zero-order chi connectivity index (χ0) is 13.1. The van der Waals surface area contributed by atoms with Gasteiger partial charge in [-0.3, -0.25) is 9.10 Å². The van der Waals surface area contributed by atoms with Gasteiger partial charge in [0.2, 0.25) is 5.91 Å². The van der Waals surface area contributed by atoms with Gasteiger partial charge in [-0.05, 0) is 42.3 Å². The van der Waals surface area contributed by atoms with Crippen LogP contribution in [0.2, 0.25) is 5.02 Å². The van der Waals surface area contributed by atoms with Crippen molar-refractivity contribution in [3.05, 3.63) is 41.2 Å². The van der Waals surface area contributed by atoms with E-state index in [1.165, 1.54) is 22.3 Å². The third kappa shape index (κ3) is 1.53. The fraction of sp³-hybridized carbons (Fsp3) is 0.357. The smallest absolute Gasteiger partial charge is 0.242 e. The number of benzene rings is 1. The van der Waals surface area contributed by atoms with Crippen LogP contribution in [0.25, 0.3) is 0 Å². The summed E-state index contributed by atoms with van der Waals surface area (Å²) in [7, 11) is 0. The first-order valence-electron chi connectivity index (χ1n) is 6.30. The molecular formula is C14H11ClFNOS. The molecule has 5 heteroatoms. The Morgan fingerprint density at radius 3 is 2.89 bits per heavy atom. The number of allylic oxidation sites excluding steroid dienone is 2. The summed E-state index contributed by atoms with van der Waals surface area (Å²) in [6, 6.07) is 4.79. The second-order valence-corrected chi connectivity index (χ2v) is 6.78. The second-order valence-electron chi connectivity index (χ2n) is 5.25. The molecule has 1 aromatic rings. The molecule has 0 spiro atoms. The van der Waals surface area contributed by atoms with Crippen LogP contribution in [0.15, 0.2) is 30.4 Å². The minimum absolute atomic E-state index is 0.0124. The van der Waals surface area contributed by atoms with Gasteiger partial charge in [-0.15, -0.1) is 0 Å². The molecule has 1 amide bonds. The quantitative estimate of drug-likeness (QED) is 0.582. The van der Waals surface area contributed by atoms with E-state index in [0.717, 1.165) is 6.42 Å². The van der Waals surface area contributed by atoms with Gasteiger partial charge in [0.25, 0.3) is 0 Å². The molecule has 19 heavy (non-hydrogen) atoms. The average Bonchev–Trinajstić information content (AvgIpc) is 3.06. The predicted octanol–water partition coefficient (Wildman–Crippen LogP) is 3.66. The van der Waals surface area contributed by atoms with Crippen molar-refractivity contribution in [2.45, 2.75) is 11.7 Å². The number of halogens is 2. The molecule has 1 saturated heterocycles. The molecular weight excluding hydrogens is 285 g/mol. The van der Waals surface area contributed by atoms with Crippen LogP contribution in [0.4, 0.5) is 10.1 Å². The van der Waals surface area contributed by atoms with E-state index in [-0.39, 0.29) is 27.8 Å². The van der Waals surface area contributed by atoms with Crippen molar-refractivity contribution in [3.8, 4) is 0 Å². The molecule has 98 valence electrons. The zero-order valence-electron chi connectivity index (χ0n) is 9.92. The maximum atomic E-state index is 14.1. The maximum absolute atomic E-state index is 14.1. The number of nitrogens with zero attached hydrogens (tertiary/aromatic N) is 1. The number of amides is 1. The second kappa shape index (κ2) is 4.00. The van der Waals surface area contributed by atoms with Gasteiger partial charge in [0.15, 0.2) is 5.82 Å². The van der Waals surface area contributed by atoms with Crippen molar-refractivity contribution in [2.75, 3.05) is 4.31 Å². The largest absolute Gasteiger partial charge is 0.273 e. The summed E-state index contributed by atoms with van der Waals surface area (Å²) in [6.07, 6.45) is 5.41. The molecule has 4 rings (SSSR count). The zero-order valence-corrected chi connectivity index (χ0v) is 11.5. The van der Waals surface area contributed by atoms with Crippen LogP contribution < -0.4 is 4.31 Å². The lowest BCUT2D eigenvalue weighted by atomic mass is 9.92. The Bertz CT molecular complexity index is 605. The van der Waals surface area contributed by atoms with Crippen LogP contribution in [-0.4, -0.2) is 11.2 Å². The van der Waals surface area contributed by atoms with Gasteiger partial charge >= 0.3 is 0 Å². The van der Waals surface area contributed by atoms with Gasteiger partial charge in [0.05, 0.1) is 16.6 Å². The van der Waals surface area contributed by atoms with Crippen molar-refractivity contribution in [1.29, 1.82) is 0 Å². The summed E-state index contributed by atoms with van der Waals surface area (Å²) >= 11 is 7.26. The Morgan fingerprint density at radius 1 is 1.32 bits per heavy atom. The molecule has 0 unspecified atom stereocenters. The number of hydrogen-bond donors (Lipinski definition) is 0. The van der Waals surface area contributed by atoms with E-state index in [4.69, 9.17) is 11.6 Å². The van der Waals surface area contributed by atoms with Crippen LogP contribution in [-0.2, 0) is 4.79 Å². The average molecular weight is 296 g/mol. The Kier molecular flexibility index (Phi) is 2.48. The van der Waals surface area contributed by atoms with E-state index in [9.17, 15) is 9.18 Å². The molecule has 4 atom stereocenters. The Hall–Kier alpha value is -1.00. The minimum Gasteiger partial charge on any atom is -0.273 e. The highest BCUT2D eigenvalue weighted by Crippen LogP contribution is 2.56. The molecule has 2 fully saturated rings. The number of carbonyl (C=O) groups excluding carboxylic acids is 1. The van der Waals surface area contributed by atoms with Crippen LogP contribution >= 0.6 is 23.5 Å². The van der Waals surface area contributed by atoms with Crippen molar-refractivity contribution in [2.24, 2.45) is 17.8 Å². The van der Waals surface area contributed by atoms with E-state index in [2.05, 4.69) is 12.2 Å². The van der Waals surface area contributed by atoms with Gasteiger partial charge in [-0.2, -0.15) is 0 Å². The van der Waals surface area contributed by atoms with Gasteiger partial charge in [-0.1, -0.05) is 29.8 Å². The van der Waals surface area contributed by atoms with Crippen LogP contribution in [0, 0.1) is 23.6 Å². The number of anilines is 1. The lowest BCUT2D eigenvalue weighted by Crippen LogP contribution is -2.28. The summed E-state index contributed by atoms with van der Waals surface area (Å²) in [6.45, 7) is 0. The molecule has 1 heterocycles. The van der Waals surface area contributed by atoms with Crippen molar-refractivity contribution in [1.82, 2.24) is 0 Å². The normalized spacial score (nSPS) is 35.3. The summed E-state index contributed by atoms with van der Waals surface area (Å²) in [5.74, 6) is 0.315. The molecule has 1 saturated carbocycles. The highest BCUT2D eigenvalue weighted by atomic mass is 35.5. The van der Waals surface area contributed by atoms with E-state index >= 15 is 0 Å². The lowest BCUT2D eigenvalue weighted by Gasteiger charge is -2.18. The fourth-order valence-electron chi connectivity index (χ4n) is 3.38. The van der Waals surface area contributed by atoms with Crippen LogP contribution in [0.1, 0.15) is 6.42 Å². The molecule has 2 bridgehead atoms. The predicted molar refractivity (Wildman–Crippen MR) is 74.5 cm³/mol. The van der Waals surface area contributed by atoms with E-state index in [0.29, 0.717) is 11.8 Å². The number of fused-ring (bicyclic) bond motifs is 5. The third-order valence-corrected chi connectivity index (χ3v) is 6.02. The maximum Gasteiger partial charge on any atom is 0.242 e. The van der Waals surface area contributed by atoms with Crippen LogP contribution in [0.5, 0.6) is 0 Å². The van der Waals surface area contributed by atoms with Crippen molar-refractivity contribution < 1.29 is 9.18 Å². The van der Waals surface area contributed by atoms with E-state index in [1.54, 1.807) is 12.1 Å². The molecule has 1 aromatic carbocycles. The Morgan fingerprint density at radius 2 is 2.11 bits per heavy atom. The molecule has 0 radical (unpaired) electrons. The van der Waals surface area contributed by atoms with Gasteiger partial charge in [0.1, 0.15) is 0 Å². The van der Waals surface area contributed by atoms with Gasteiger partial charge in [0, 0.05) is 5.25 Å². The molecule has 0 N–H and O–H groups in total. The van der Waals surface area contributed by atoms with Crippen molar-refractivity contribution in [3.63, 3.8) is 0 Å².